The molecule has 2 rings (SSSR count). The lowest BCUT2D eigenvalue weighted by Crippen LogP contribution is -2.45. The van der Waals surface area contributed by atoms with Gasteiger partial charge in [0.2, 0.25) is 0 Å². The van der Waals surface area contributed by atoms with Crippen LogP contribution < -0.4 is 5.73 Å². The molecule has 5 heteroatoms. The van der Waals surface area contributed by atoms with Crippen molar-refractivity contribution in [1.82, 2.24) is 14.9 Å². The summed E-state index contributed by atoms with van der Waals surface area (Å²) in [5, 5.41) is 0.442. The second-order valence-electron chi connectivity index (χ2n) is 4.43. The summed E-state index contributed by atoms with van der Waals surface area (Å²) in [5.41, 5.74) is 6.89. The van der Waals surface area contributed by atoms with E-state index in [1.54, 1.807) is 12.4 Å². The van der Waals surface area contributed by atoms with Gasteiger partial charge in [-0.05, 0) is 19.8 Å². The van der Waals surface area contributed by atoms with Crippen LogP contribution in [0.2, 0.25) is 5.15 Å². The maximum absolute atomic E-state index is 5.93. The summed E-state index contributed by atoms with van der Waals surface area (Å²) in [5.74, 6) is 0. The molecule has 0 radical (unpaired) electrons. The van der Waals surface area contributed by atoms with Crippen LogP contribution in [0.3, 0.4) is 0 Å². The molecule has 2 atom stereocenters. The third kappa shape index (κ3) is 2.90. The molecule has 1 aromatic heterocycles. The summed E-state index contributed by atoms with van der Waals surface area (Å²) >= 11 is 5.70. The minimum absolute atomic E-state index is 0.350. The molecule has 16 heavy (non-hydrogen) atoms. The Morgan fingerprint density at radius 3 is 2.94 bits per heavy atom. The van der Waals surface area contributed by atoms with Crippen LogP contribution in [-0.2, 0) is 6.54 Å². The van der Waals surface area contributed by atoms with Gasteiger partial charge in [-0.2, -0.15) is 0 Å². The van der Waals surface area contributed by atoms with Crippen molar-refractivity contribution < 1.29 is 0 Å². The molecule has 0 amide bonds. The van der Waals surface area contributed by atoms with Crippen molar-refractivity contribution in [3.8, 4) is 0 Å². The number of nitrogens with zero attached hydrogens (tertiary/aromatic N) is 3. The molecule has 1 aliphatic rings. The van der Waals surface area contributed by atoms with E-state index < -0.39 is 0 Å². The molecule has 0 spiro atoms. The monoisotopic (exact) mass is 240 g/mol. The smallest absolute Gasteiger partial charge is 0.147 e. The Balaban J connectivity index is 1.96. The molecule has 4 nitrogen and oxygen atoms in total. The number of likely N-dealkylation sites (tertiary alicyclic amines) is 1. The molecule has 2 heterocycles. The maximum Gasteiger partial charge on any atom is 0.147 e. The van der Waals surface area contributed by atoms with Crippen LogP contribution in [0.15, 0.2) is 12.4 Å². The third-order valence-electron chi connectivity index (χ3n) is 3.09. The first kappa shape index (κ1) is 11.8. The van der Waals surface area contributed by atoms with Crippen molar-refractivity contribution in [3.63, 3.8) is 0 Å². The van der Waals surface area contributed by atoms with E-state index in [-0.39, 0.29) is 0 Å². The van der Waals surface area contributed by atoms with Gasteiger partial charge in [-0.25, -0.2) is 4.98 Å². The molecule has 0 saturated carbocycles. The van der Waals surface area contributed by atoms with Crippen LogP contribution >= 0.6 is 11.6 Å². The fraction of sp³-hybridized carbons (Fsp3) is 0.636. The molecular formula is C11H17ClN4. The van der Waals surface area contributed by atoms with Crippen LogP contribution in [0, 0.1) is 0 Å². The molecule has 2 unspecified atom stereocenters. The highest BCUT2D eigenvalue weighted by atomic mass is 35.5. The first-order valence-corrected chi connectivity index (χ1v) is 5.99. The van der Waals surface area contributed by atoms with E-state index in [0.717, 1.165) is 31.6 Å². The molecule has 1 aliphatic heterocycles. The SMILES string of the molecule is CC1CC(N)CCN1Cc1cnc(Cl)cn1. The lowest BCUT2D eigenvalue weighted by atomic mass is 9.99. The highest BCUT2D eigenvalue weighted by Gasteiger charge is 2.23. The maximum atomic E-state index is 5.93. The Kier molecular flexibility index (Phi) is 3.74. The predicted octanol–water partition coefficient (Wildman–Crippen LogP) is 1.44. The molecule has 1 aromatic rings. The number of hydrogen-bond acceptors (Lipinski definition) is 4. The van der Waals surface area contributed by atoms with Crippen molar-refractivity contribution in [2.45, 2.75) is 38.4 Å². The van der Waals surface area contributed by atoms with Gasteiger partial charge in [0.25, 0.3) is 0 Å². The first-order chi connectivity index (χ1) is 7.65. The Labute approximate surface area is 101 Å². The zero-order valence-electron chi connectivity index (χ0n) is 9.43. The van der Waals surface area contributed by atoms with Gasteiger partial charge >= 0.3 is 0 Å². The lowest BCUT2D eigenvalue weighted by Gasteiger charge is -2.35. The van der Waals surface area contributed by atoms with E-state index in [1.165, 1.54) is 0 Å². The Hall–Kier alpha value is -0.710. The predicted molar refractivity (Wildman–Crippen MR) is 64.1 cm³/mol. The highest BCUT2D eigenvalue weighted by Crippen LogP contribution is 2.17. The average Bonchev–Trinajstić information content (AvgIpc) is 2.25. The Bertz CT molecular complexity index is 340. The summed E-state index contributed by atoms with van der Waals surface area (Å²) in [6.45, 7) is 4.08. The van der Waals surface area contributed by atoms with Crippen molar-refractivity contribution in [2.24, 2.45) is 5.73 Å². The fourth-order valence-electron chi connectivity index (χ4n) is 2.12. The molecule has 1 fully saturated rings. The molecule has 0 aliphatic carbocycles. The topological polar surface area (TPSA) is 55.0 Å². The summed E-state index contributed by atoms with van der Waals surface area (Å²) < 4.78 is 0. The number of hydrogen-bond donors (Lipinski definition) is 1. The minimum Gasteiger partial charge on any atom is -0.328 e. The molecule has 2 N–H and O–H groups in total. The second kappa shape index (κ2) is 5.08. The number of rotatable bonds is 2. The van der Waals surface area contributed by atoms with Gasteiger partial charge in [-0.15, -0.1) is 0 Å². The Morgan fingerprint density at radius 2 is 2.31 bits per heavy atom. The van der Waals surface area contributed by atoms with Crippen LogP contribution in [0.4, 0.5) is 0 Å². The molecule has 88 valence electrons. The zero-order valence-corrected chi connectivity index (χ0v) is 10.2. The molecular weight excluding hydrogens is 224 g/mol. The largest absolute Gasteiger partial charge is 0.328 e. The molecule has 0 aromatic carbocycles. The van der Waals surface area contributed by atoms with Gasteiger partial charge < -0.3 is 5.73 Å². The van der Waals surface area contributed by atoms with Crippen LogP contribution in [0.5, 0.6) is 0 Å². The zero-order chi connectivity index (χ0) is 11.5. The average molecular weight is 241 g/mol. The molecule has 1 saturated heterocycles. The number of halogens is 1. The number of aromatic nitrogens is 2. The fourth-order valence-corrected chi connectivity index (χ4v) is 2.22. The van der Waals surface area contributed by atoms with E-state index in [0.29, 0.717) is 17.2 Å². The summed E-state index contributed by atoms with van der Waals surface area (Å²) in [7, 11) is 0. The van der Waals surface area contributed by atoms with Crippen molar-refractivity contribution in [3.05, 3.63) is 23.2 Å². The van der Waals surface area contributed by atoms with E-state index in [1.807, 2.05) is 0 Å². The van der Waals surface area contributed by atoms with E-state index >= 15 is 0 Å². The van der Waals surface area contributed by atoms with Crippen LogP contribution in [0.1, 0.15) is 25.5 Å². The molecule has 0 bridgehead atoms. The third-order valence-corrected chi connectivity index (χ3v) is 3.29. The van der Waals surface area contributed by atoms with Gasteiger partial charge in [0.05, 0.1) is 18.1 Å². The quantitative estimate of drug-likeness (QED) is 0.850. The number of nitrogens with two attached hydrogens (primary N) is 1. The van der Waals surface area contributed by atoms with Gasteiger partial charge in [0.1, 0.15) is 5.15 Å². The van der Waals surface area contributed by atoms with Crippen molar-refractivity contribution in [1.29, 1.82) is 0 Å². The summed E-state index contributed by atoms with van der Waals surface area (Å²) in [6, 6.07) is 0.865. The highest BCUT2D eigenvalue weighted by molar-refractivity contribution is 6.29. The standard InChI is InChI=1S/C11H17ClN4/c1-8-4-9(13)2-3-16(8)7-10-5-15-11(12)6-14-10/h5-6,8-9H,2-4,7,13H2,1H3. The van der Waals surface area contributed by atoms with Gasteiger partial charge in [-0.3, -0.25) is 9.88 Å². The van der Waals surface area contributed by atoms with Crippen molar-refractivity contribution >= 4 is 11.6 Å². The first-order valence-electron chi connectivity index (χ1n) is 5.61. The van der Waals surface area contributed by atoms with Crippen LogP contribution in [0.25, 0.3) is 0 Å². The number of piperidine rings is 1. The minimum atomic E-state index is 0.350. The summed E-state index contributed by atoms with van der Waals surface area (Å²) in [4.78, 5) is 10.7. The summed E-state index contributed by atoms with van der Waals surface area (Å²) in [6.07, 6.45) is 5.45. The normalized spacial score (nSPS) is 26.9. The Morgan fingerprint density at radius 1 is 1.50 bits per heavy atom. The van der Waals surface area contributed by atoms with E-state index in [2.05, 4.69) is 21.8 Å². The van der Waals surface area contributed by atoms with Gasteiger partial charge in [0.15, 0.2) is 0 Å². The van der Waals surface area contributed by atoms with Crippen molar-refractivity contribution in [2.75, 3.05) is 6.54 Å². The lowest BCUT2D eigenvalue weighted by molar-refractivity contribution is 0.138. The van der Waals surface area contributed by atoms with E-state index in [9.17, 15) is 0 Å². The van der Waals surface area contributed by atoms with Crippen LogP contribution in [-0.4, -0.2) is 33.5 Å². The van der Waals surface area contributed by atoms with Gasteiger partial charge in [0, 0.05) is 25.2 Å². The van der Waals surface area contributed by atoms with E-state index in [4.69, 9.17) is 17.3 Å². The van der Waals surface area contributed by atoms with Gasteiger partial charge in [-0.1, -0.05) is 11.6 Å². The second-order valence-corrected chi connectivity index (χ2v) is 4.82.